The summed E-state index contributed by atoms with van der Waals surface area (Å²) in [6.07, 6.45) is 1.25. The Bertz CT molecular complexity index is 295. The van der Waals surface area contributed by atoms with Gasteiger partial charge in [-0.3, -0.25) is 10.1 Å². The maximum Gasteiger partial charge on any atom is 0.241 e. The number of rotatable bonds is 4. The van der Waals surface area contributed by atoms with Crippen LogP contribution in [-0.2, 0) is 4.79 Å². The largest absolute Gasteiger partial charge is 0.325 e. The van der Waals surface area contributed by atoms with Crippen LogP contribution in [0.3, 0.4) is 0 Å². The van der Waals surface area contributed by atoms with Crippen LogP contribution in [0.4, 0.5) is 0 Å². The summed E-state index contributed by atoms with van der Waals surface area (Å²) in [6.45, 7) is 7.34. The van der Waals surface area contributed by atoms with Crippen LogP contribution in [0.15, 0.2) is 0 Å². The quantitative estimate of drug-likeness (QED) is 0.858. The van der Waals surface area contributed by atoms with E-state index in [-0.39, 0.29) is 12.2 Å². The fourth-order valence-corrected chi connectivity index (χ4v) is 5.21. The maximum atomic E-state index is 12.4. The lowest BCUT2D eigenvalue weighted by atomic mass is 9.99. The van der Waals surface area contributed by atoms with E-state index in [4.69, 9.17) is 0 Å². The minimum Gasteiger partial charge on any atom is -0.325 e. The number of carbonyl (C=O) groups is 1. The molecule has 0 aromatic rings. The topological polar surface area (TPSA) is 32.3 Å². The zero-order valence-corrected chi connectivity index (χ0v) is 13.1. The van der Waals surface area contributed by atoms with E-state index in [2.05, 4.69) is 31.0 Å². The standard InChI is InChI=1S/C13H24N2OS2/c1-4-9(2)12-13(16)15(10(3)14-12)7-11-8-17-5-6-18-11/h9-12,14H,4-8H2,1-3H3. The molecule has 2 rings (SSSR count). The molecule has 0 aromatic carbocycles. The lowest BCUT2D eigenvalue weighted by Gasteiger charge is -2.28. The van der Waals surface area contributed by atoms with Crippen LogP contribution in [0.5, 0.6) is 0 Å². The Morgan fingerprint density at radius 2 is 2.28 bits per heavy atom. The number of nitrogens with zero attached hydrogens (tertiary/aromatic N) is 1. The van der Waals surface area contributed by atoms with E-state index < -0.39 is 0 Å². The van der Waals surface area contributed by atoms with E-state index in [0.717, 1.165) is 13.0 Å². The molecule has 0 spiro atoms. The van der Waals surface area contributed by atoms with Crippen LogP contribution >= 0.6 is 23.5 Å². The minimum atomic E-state index is 0.0336. The Morgan fingerprint density at radius 3 is 2.89 bits per heavy atom. The number of thioether (sulfide) groups is 2. The second kappa shape index (κ2) is 6.53. The summed E-state index contributed by atoms with van der Waals surface area (Å²) >= 11 is 4.05. The number of nitrogens with one attached hydrogen (secondary N) is 1. The molecule has 104 valence electrons. The molecule has 2 aliphatic heterocycles. The van der Waals surface area contributed by atoms with E-state index in [1.165, 1.54) is 17.3 Å². The van der Waals surface area contributed by atoms with Crippen molar-refractivity contribution in [3.8, 4) is 0 Å². The van der Waals surface area contributed by atoms with Gasteiger partial charge < -0.3 is 4.90 Å². The molecule has 18 heavy (non-hydrogen) atoms. The molecule has 3 nitrogen and oxygen atoms in total. The van der Waals surface area contributed by atoms with E-state index in [9.17, 15) is 4.79 Å². The molecule has 2 aliphatic rings. The normalized spacial score (nSPS) is 34.9. The minimum absolute atomic E-state index is 0.0336. The highest BCUT2D eigenvalue weighted by molar-refractivity contribution is 8.06. The van der Waals surface area contributed by atoms with Gasteiger partial charge in [0.1, 0.15) is 0 Å². The van der Waals surface area contributed by atoms with Crippen molar-refractivity contribution in [2.75, 3.05) is 23.8 Å². The highest BCUT2D eigenvalue weighted by Gasteiger charge is 2.39. The van der Waals surface area contributed by atoms with E-state index in [1.54, 1.807) is 0 Å². The summed E-state index contributed by atoms with van der Waals surface area (Å²) in [5.41, 5.74) is 0. The molecule has 2 saturated heterocycles. The smallest absolute Gasteiger partial charge is 0.241 e. The molecule has 0 aromatic heterocycles. The monoisotopic (exact) mass is 288 g/mol. The van der Waals surface area contributed by atoms with Gasteiger partial charge in [0.05, 0.1) is 12.2 Å². The zero-order valence-electron chi connectivity index (χ0n) is 11.5. The Hall–Kier alpha value is 0.130. The van der Waals surface area contributed by atoms with E-state index in [0.29, 0.717) is 17.1 Å². The predicted octanol–water partition coefficient (Wildman–Crippen LogP) is 2.03. The summed E-state index contributed by atoms with van der Waals surface area (Å²) in [5.74, 6) is 4.42. The van der Waals surface area contributed by atoms with Crippen molar-refractivity contribution >= 4 is 29.4 Å². The molecule has 0 bridgehead atoms. The van der Waals surface area contributed by atoms with Crippen LogP contribution in [-0.4, -0.2) is 52.1 Å². The van der Waals surface area contributed by atoms with Crippen molar-refractivity contribution in [3.05, 3.63) is 0 Å². The van der Waals surface area contributed by atoms with Crippen LogP contribution in [0, 0.1) is 5.92 Å². The molecule has 1 amide bonds. The van der Waals surface area contributed by atoms with Gasteiger partial charge in [-0.25, -0.2) is 0 Å². The van der Waals surface area contributed by atoms with Crippen molar-refractivity contribution in [3.63, 3.8) is 0 Å². The first-order chi connectivity index (χ1) is 8.63. The lowest BCUT2D eigenvalue weighted by molar-refractivity contribution is -0.130. The molecular weight excluding hydrogens is 264 g/mol. The highest BCUT2D eigenvalue weighted by atomic mass is 32.2. The Kier molecular flexibility index (Phi) is 5.27. The fraction of sp³-hybridized carbons (Fsp3) is 0.923. The molecule has 0 aliphatic carbocycles. The summed E-state index contributed by atoms with van der Waals surface area (Å²) in [4.78, 5) is 14.5. The first-order valence-corrected chi connectivity index (χ1v) is 9.09. The number of amides is 1. The van der Waals surface area contributed by atoms with Crippen molar-refractivity contribution < 1.29 is 4.79 Å². The van der Waals surface area contributed by atoms with Crippen molar-refractivity contribution in [1.82, 2.24) is 10.2 Å². The van der Waals surface area contributed by atoms with Gasteiger partial charge in [0.25, 0.3) is 0 Å². The van der Waals surface area contributed by atoms with Crippen molar-refractivity contribution in [2.24, 2.45) is 5.92 Å². The fourth-order valence-electron chi connectivity index (χ4n) is 2.54. The van der Waals surface area contributed by atoms with Gasteiger partial charge in [0, 0.05) is 29.1 Å². The van der Waals surface area contributed by atoms with E-state index >= 15 is 0 Å². The molecule has 2 fully saturated rings. The highest BCUT2D eigenvalue weighted by Crippen LogP contribution is 2.27. The number of hydrogen-bond acceptors (Lipinski definition) is 4. The van der Waals surface area contributed by atoms with Crippen LogP contribution in [0.2, 0.25) is 0 Å². The Labute approximate surface area is 119 Å². The van der Waals surface area contributed by atoms with Gasteiger partial charge in [-0.05, 0) is 12.8 Å². The SMILES string of the molecule is CCC(C)C1NC(C)N(CC2CSCCS2)C1=O. The molecule has 5 heteroatoms. The first-order valence-electron chi connectivity index (χ1n) is 6.89. The second-order valence-electron chi connectivity index (χ2n) is 5.26. The average molecular weight is 288 g/mol. The second-order valence-corrected chi connectivity index (χ2v) is 7.82. The molecule has 2 heterocycles. The molecule has 1 N–H and O–H groups in total. The third-order valence-electron chi connectivity index (χ3n) is 3.94. The van der Waals surface area contributed by atoms with Crippen molar-refractivity contribution in [1.29, 1.82) is 0 Å². The van der Waals surface area contributed by atoms with Gasteiger partial charge in [-0.2, -0.15) is 23.5 Å². The average Bonchev–Trinajstić information content (AvgIpc) is 2.67. The molecular formula is C13H24N2OS2. The van der Waals surface area contributed by atoms with Crippen LogP contribution in [0.1, 0.15) is 27.2 Å². The van der Waals surface area contributed by atoms with Crippen molar-refractivity contribution in [2.45, 2.75) is 44.6 Å². The van der Waals surface area contributed by atoms with Gasteiger partial charge in [-0.15, -0.1) is 0 Å². The van der Waals surface area contributed by atoms with E-state index in [1.807, 2.05) is 23.5 Å². The van der Waals surface area contributed by atoms with Crippen LogP contribution < -0.4 is 5.32 Å². The lowest BCUT2D eigenvalue weighted by Crippen LogP contribution is -2.41. The van der Waals surface area contributed by atoms with Crippen LogP contribution in [0.25, 0.3) is 0 Å². The predicted molar refractivity (Wildman–Crippen MR) is 81.1 cm³/mol. The first kappa shape index (κ1) is 14.5. The van der Waals surface area contributed by atoms with Gasteiger partial charge >= 0.3 is 0 Å². The molecule has 4 unspecified atom stereocenters. The third-order valence-corrected chi connectivity index (χ3v) is 6.76. The molecule has 4 atom stereocenters. The molecule has 0 saturated carbocycles. The van der Waals surface area contributed by atoms with Gasteiger partial charge in [0.2, 0.25) is 5.91 Å². The van der Waals surface area contributed by atoms with Gasteiger partial charge in [-0.1, -0.05) is 20.3 Å². The Morgan fingerprint density at radius 1 is 1.50 bits per heavy atom. The summed E-state index contributed by atoms with van der Waals surface area (Å²) in [7, 11) is 0. The maximum absolute atomic E-state index is 12.4. The molecule has 0 radical (unpaired) electrons. The summed E-state index contributed by atoms with van der Waals surface area (Å²) in [5, 5.41) is 4.07. The Balaban J connectivity index is 1.93. The third kappa shape index (κ3) is 3.17. The zero-order chi connectivity index (χ0) is 13.1. The van der Waals surface area contributed by atoms with Gasteiger partial charge in [0.15, 0.2) is 0 Å². The summed E-state index contributed by atoms with van der Waals surface area (Å²) < 4.78 is 0. The number of hydrogen-bond donors (Lipinski definition) is 1. The summed E-state index contributed by atoms with van der Waals surface area (Å²) in [6, 6.07) is 0.0336. The number of carbonyl (C=O) groups excluding carboxylic acids is 1.